The number of hydrogen-bond acceptors (Lipinski definition) is 3. The number of rotatable bonds is 2. The molecular weight excluding hydrogens is 204 g/mol. The van der Waals surface area contributed by atoms with Gasteiger partial charge < -0.3 is 9.47 Å². The van der Waals surface area contributed by atoms with E-state index in [1.807, 2.05) is 0 Å². The van der Waals surface area contributed by atoms with Gasteiger partial charge in [0.15, 0.2) is 0 Å². The van der Waals surface area contributed by atoms with E-state index in [0.717, 1.165) is 12.2 Å². The van der Waals surface area contributed by atoms with E-state index in [9.17, 15) is 4.79 Å². The minimum Gasteiger partial charge on any atom is -0.434 e. The largest absolute Gasteiger partial charge is 0.513 e. The average Bonchev–Trinajstić information content (AvgIpc) is 2.74. The van der Waals surface area contributed by atoms with E-state index in [1.165, 1.54) is 12.0 Å². The van der Waals surface area contributed by atoms with Crippen LogP contribution >= 0.6 is 0 Å². The zero-order valence-electron chi connectivity index (χ0n) is 10.5. The maximum atomic E-state index is 11.4. The molecule has 0 aliphatic heterocycles. The SMILES string of the molecule is CCOC(=O)OC1=C(C)CC[C@@H]2[C@H]1C2(C)C. The van der Waals surface area contributed by atoms with E-state index in [2.05, 4.69) is 20.8 Å². The second-order valence-electron chi connectivity index (χ2n) is 5.37. The number of carbonyl (C=O) groups is 1. The lowest BCUT2D eigenvalue weighted by Crippen LogP contribution is -2.12. The van der Waals surface area contributed by atoms with Crippen molar-refractivity contribution < 1.29 is 14.3 Å². The molecule has 0 radical (unpaired) electrons. The minimum absolute atomic E-state index is 0.291. The molecule has 16 heavy (non-hydrogen) atoms. The maximum Gasteiger partial charge on any atom is 0.513 e. The lowest BCUT2D eigenvalue weighted by Gasteiger charge is -2.16. The van der Waals surface area contributed by atoms with Crippen molar-refractivity contribution in [1.82, 2.24) is 0 Å². The highest BCUT2D eigenvalue weighted by molar-refractivity contribution is 5.62. The number of hydrogen-bond donors (Lipinski definition) is 0. The minimum atomic E-state index is -0.555. The average molecular weight is 224 g/mol. The van der Waals surface area contributed by atoms with E-state index < -0.39 is 6.16 Å². The topological polar surface area (TPSA) is 35.5 Å². The summed E-state index contributed by atoms with van der Waals surface area (Å²) >= 11 is 0. The highest BCUT2D eigenvalue weighted by Crippen LogP contribution is 2.66. The fraction of sp³-hybridized carbons (Fsp3) is 0.769. The second-order valence-corrected chi connectivity index (χ2v) is 5.37. The fourth-order valence-electron chi connectivity index (χ4n) is 2.95. The zero-order chi connectivity index (χ0) is 11.9. The molecule has 3 nitrogen and oxygen atoms in total. The summed E-state index contributed by atoms with van der Waals surface area (Å²) < 4.78 is 10.2. The fourth-order valence-corrected chi connectivity index (χ4v) is 2.95. The van der Waals surface area contributed by atoms with Crippen molar-refractivity contribution in [3.8, 4) is 0 Å². The molecule has 1 saturated carbocycles. The van der Waals surface area contributed by atoms with Crippen LogP contribution in [-0.4, -0.2) is 12.8 Å². The van der Waals surface area contributed by atoms with Gasteiger partial charge in [-0.25, -0.2) is 4.79 Å². The number of carbonyl (C=O) groups excluding carboxylic acids is 1. The lowest BCUT2D eigenvalue weighted by atomic mass is 9.99. The van der Waals surface area contributed by atoms with Crippen LogP contribution in [0.25, 0.3) is 0 Å². The van der Waals surface area contributed by atoms with Crippen molar-refractivity contribution in [3.05, 3.63) is 11.3 Å². The van der Waals surface area contributed by atoms with Crippen LogP contribution in [0.1, 0.15) is 40.5 Å². The third-order valence-electron chi connectivity index (χ3n) is 4.04. The van der Waals surface area contributed by atoms with Crippen LogP contribution in [0, 0.1) is 17.3 Å². The van der Waals surface area contributed by atoms with Crippen molar-refractivity contribution in [2.45, 2.75) is 40.5 Å². The van der Waals surface area contributed by atoms with E-state index in [0.29, 0.717) is 23.9 Å². The van der Waals surface area contributed by atoms with Crippen LogP contribution in [0.15, 0.2) is 11.3 Å². The molecule has 0 spiro atoms. The number of allylic oxidation sites excluding steroid dienone is 2. The van der Waals surface area contributed by atoms with Gasteiger partial charge in [-0.05, 0) is 43.6 Å². The third-order valence-corrected chi connectivity index (χ3v) is 4.04. The van der Waals surface area contributed by atoms with Crippen LogP contribution in [0.3, 0.4) is 0 Å². The summed E-state index contributed by atoms with van der Waals surface area (Å²) in [5.41, 5.74) is 1.50. The van der Waals surface area contributed by atoms with Crippen molar-refractivity contribution in [1.29, 1.82) is 0 Å². The summed E-state index contributed by atoms with van der Waals surface area (Å²) in [5.74, 6) is 1.98. The van der Waals surface area contributed by atoms with E-state index in [1.54, 1.807) is 6.92 Å². The molecule has 2 aliphatic carbocycles. The number of fused-ring (bicyclic) bond motifs is 1. The Hall–Kier alpha value is -0.990. The van der Waals surface area contributed by atoms with Crippen molar-refractivity contribution in [2.75, 3.05) is 6.61 Å². The first-order chi connectivity index (χ1) is 7.48. The van der Waals surface area contributed by atoms with Crippen molar-refractivity contribution in [3.63, 3.8) is 0 Å². The van der Waals surface area contributed by atoms with Gasteiger partial charge in [0.05, 0.1) is 6.61 Å². The molecule has 0 N–H and O–H groups in total. The molecule has 2 rings (SSSR count). The highest BCUT2D eigenvalue weighted by Gasteiger charge is 2.61. The first kappa shape index (κ1) is 11.5. The Bertz CT molecular complexity index is 341. The summed E-state index contributed by atoms with van der Waals surface area (Å²) in [5, 5.41) is 0. The molecule has 0 unspecified atom stereocenters. The van der Waals surface area contributed by atoms with E-state index >= 15 is 0 Å². The summed E-state index contributed by atoms with van der Waals surface area (Å²) in [6, 6.07) is 0. The van der Waals surface area contributed by atoms with E-state index in [-0.39, 0.29) is 0 Å². The Morgan fingerprint density at radius 1 is 1.50 bits per heavy atom. The smallest absolute Gasteiger partial charge is 0.434 e. The van der Waals surface area contributed by atoms with Crippen LogP contribution in [0.4, 0.5) is 4.79 Å². The molecule has 0 saturated heterocycles. The Morgan fingerprint density at radius 3 is 2.81 bits per heavy atom. The van der Waals surface area contributed by atoms with Gasteiger partial charge in [0, 0.05) is 5.92 Å². The third kappa shape index (κ3) is 1.72. The molecule has 2 aliphatic rings. The second kappa shape index (κ2) is 3.79. The maximum absolute atomic E-state index is 11.4. The first-order valence-corrected chi connectivity index (χ1v) is 6.02. The molecule has 0 amide bonds. The molecule has 0 aromatic rings. The Kier molecular flexibility index (Phi) is 2.72. The van der Waals surface area contributed by atoms with Gasteiger partial charge >= 0.3 is 6.16 Å². The normalized spacial score (nSPS) is 30.8. The van der Waals surface area contributed by atoms with Crippen LogP contribution < -0.4 is 0 Å². The van der Waals surface area contributed by atoms with Crippen molar-refractivity contribution >= 4 is 6.16 Å². The molecule has 0 heterocycles. The molecule has 0 aromatic heterocycles. The molecule has 1 fully saturated rings. The Morgan fingerprint density at radius 2 is 2.19 bits per heavy atom. The van der Waals surface area contributed by atoms with Gasteiger partial charge in [-0.1, -0.05) is 13.8 Å². The van der Waals surface area contributed by atoms with E-state index in [4.69, 9.17) is 9.47 Å². The van der Waals surface area contributed by atoms with Crippen LogP contribution in [0.5, 0.6) is 0 Å². The lowest BCUT2D eigenvalue weighted by molar-refractivity contribution is 0.0749. The first-order valence-electron chi connectivity index (χ1n) is 6.02. The highest BCUT2D eigenvalue weighted by atomic mass is 16.7. The van der Waals surface area contributed by atoms with Crippen LogP contribution in [0.2, 0.25) is 0 Å². The van der Waals surface area contributed by atoms with Gasteiger partial charge in [0.25, 0.3) is 0 Å². The standard InChI is InChI=1S/C13H20O3/c1-5-15-12(14)16-11-8(2)6-7-9-10(11)13(9,3)4/h9-10H,5-7H2,1-4H3/t9-,10-/m1/s1. The molecule has 2 atom stereocenters. The quantitative estimate of drug-likeness (QED) is 0.673. The Balaban J connectivity index is 2.10. The summed E-state index contributed by atoms with van der Waals surface area (Å²) in [7, 11) is 0. The van der Waals surface area contributed by atoms with Gasteiger partial charge in [-0.2, -0.15) is 0 Å². The Labute approximate surface area is 96.8 Å². The van der Waals surface area contributed by atoms with Gasteiger partial charge in [-0.15, -0.1) is 0 Å². The zero-order valence-corrected chi connectivity index (χ0v) is 10.5. The summed E-state index contributed by atoms with van der Waals surface area (Å²) in [4.78, 5) is 11.4. The molecule has 0 bridgehead atoms. The number of ether oxygens (including phenoxy) is 2. The van der Waals surface area contributed by atoms with Gasteiger partial charge in [-0.3, -0.25) is 0 Å². The predicted molar refractivity (Wildman–Crippen MR) is 60.8 cm³/mol. The van der Waals surface area contributed by atoms with Gasteiger partial charge in [0.2, 0.25) is 0 Å². The molecule has 3 heteroatoms. The summed E-state index contributed by atoms with van der Waals surface area (Å²) in [6.07, 6.45) is 1.71. The van der Waals surface area contributed by atoms with Crippen molar-refractivity contribution in [2.24, 2.45) is 17.3 Å². The van der Waals surface area contributed by atoms with Crippen LogP contribution in [-0.2, 0) is 9.47 Å². The van der Waals surface area contributed by atoms with Gasteiger partial charge in [0.1, 0.15) is 5.76 Å². The molecule has 90 valence electrons. The predicted octanol–water partition coefficient (Wildman–Crippen LogP) is 3.50. The monoisotopic (exact) mass is 224 g/mol. The molecular formula is C13H20O3. The molecule has 0 aromatic carbocycles. The summed E-state index contributed by atoms with van der Waals surface area (Å²) in [6.45, 7) is 8.69.